The summed E-state index contributed by atoms with van der Waals surface area (Å²) in [5, 5.41) is 2.69. The summed E-state index contributed by atoms with van der Waals surface area (Å²) in [4.78, 5) is 16.1. The minimum atomic E-state index is -3.53. The van der Waals surface area contributed by atoms with Crippen LogP contribution < -0.4 is 5.32 Å². The Labute approximate surface area is 143 Å². The number of aromatic nitrogens is 1. The van der Waals surface area contributed by atoms with Crippen molar-refractivity contribution in [1.29, 1.82) is 0 Å². The van der Waals surface area contributed by atoms with Gasteiger partial charge in [0.15, 0.2) is 0 Å². The zero-order chi connectivity index (χ0) is 16.9. The normalized spacial score (nSPS) is 11.4. The van der Waals surface area contributed by atoms with Gasteiger partial charge in [0, 0.05) is 23.4 Å². The maximum Gasteiger partial charge on any atom is 0.239 e. The number of hydrogen-bond acceptors (Lipinski definition) is 4. The van der Waals surface area contributed by atoms with E-state index in [1.54, 1.807) is 42.7 Å². The average Bonchev–Trinajstić information content (AvgIpc) is 2.49. The van der Waals surface area contributed by atoms with Crippen LogP contribution in [0.3, 0.4) is 0 Å². The highest BCUT2D eigenvalue weighted by atomic mass is 79.9. The molecule has 0 saturated carbocycles. The molecule has 2 aromatic rings. The molecule has 122 valence electrons. The van der Waals surface area contributed by atoms with E-state index >= 15 is 0 Å². The first kappa shape index (κ1) is 17.6. The highest BCUT2D eigenvalue weighted by Gasteiger charge is 2.21. The van der Waals surface area contributed by atoms with Crippen LogP contribution in [0.2, 0.25) is 0 Å². The first-order chi connectivity index (χ1) is 10.9. The van der Waals surface area contributed by atoms with Gasteiger partial charge >= 0.3 is 0 Å². The topological polar surface area (TPSA) is 79.4 Å². The van der Waals surface area contributed by atoms with E-state index in [1.165, 1.54) is 0 Å². The number of carbonyl (C=O) groups excluding carboxylic acids is 1. The van der Waals surface area contributed by atoms with E-state index in [4.69, 9.17) is 0 Å². The number of amides is 1. The number of pyridine rings is 1. The molecule has 1 amide bonds. The standard InChI is InChI=1S/C15H16BrN3O3S/c1-23(21,22)19(10-12-5-4-8-17-9-12)11-15(20)18-14-7-3-2-6-13(14)16/h2-9H,10-11H2,1H3,(H,18,20). The van der Waals surface area contributed by atoms with Crippen molar-refractivity contribution in [2.45, 2.75) is 6.54 Å². The van der Waals surface area contributed by atoms with Crippen LogP contribution in [0.4, 0.5) is 5.69 Å². The second kappa shape index (κ2) is 7.67. The van der Waals surface area contributed by atoms with Gasteiger partial charge in [0.1, 0.15) is 0 Å². The number of nitrogens with zero attached hydrogens (tertiary/aromatic N) is 2. The van der Waals surface area contributed by atoms with Crippen molar-refractivity contribution in [1.82, 2.24) is 9.29 Å². The SMILES string of the molecule is CS(=O)(=O)N(CC(=O)Nc1ccccc1Br)Cc1cccnc1. The molecule has 0 bridgehead atoms. The largest absolute Gasteiger partial charge is 0.324 e. The van der Waals surface area contributed by atoms with Crippen molar-refractivity contribution in [3.8, 4) is 0 Å². The van der Waals surface area contributed by atoms with Gasteiger partial charge in [0.2, 0.25) is 15.9 Å². The lowest BCUT2D eigenvalue weighted by molar-refractivity contribution is -0.116. The number of carbonyl (C=O) groups is 1. The third-order valence-electron chi connectivity index (χ3n) is 3.02. The number of benzene rings is 1. The molecular weight excluding hydrogens is 382 g/mol. The summed E-state index contributed by atoms with van der Waals surface area (Å²) in [5.41, 5.74) is 1.30. The maximum atomic E-state index is 12.2. The molecule has 0 radical (unpaired) electrons. The predicted molar refractivity (Wildman–Crippen MR) is 92.3 cm³/mol. The van der Waals surface area contributed by atoms with Gasteiger partial charge in [-0.05, 0) is 39.7 Å². The van der Waals surface area contributed by atoms with Crippen molar-refractivity contribution >= 4 is 37.5 Å². The zero-order valence-electron chi connectivity index (χ0n) is 12.4. The third kappa shape index (κ3) is 5.42. The van der Waals surface area contributed by atoms with E-state index in [2.05, 4.69) is 26.2 Å². The number of rotatable bonds is 6. The molecule has 0 aliphatic carbocycles. The molecule has 1 aromatic heterocycles. The summed E-state index contributed by atoms with van der Waals surface area (Å²) < 4.78 is 25.6. The quantitative estimate of drug-likeness (QED) is 0.810. The van der Waals surface area contributed by atoms with Crippen LogP contribution in [0.15, 0.2) is 53.3 Å². The fourth-order valence-electron chi connectivity index (χ4n) is 1.90. The molecule has 0 aliphatic heterocycles. The van der Waals surface area contributed by atoms with Crippen LogP contribution in [-0.2, 0) is 21.4 Å². The molecule has 1 heterocycles. The number of nitrogens with one attached hydrogen (secondary N) is 1. The van der Waals surface area contributed by atoms with Gasteiger partial charge in [-0.15, -0.1) is 0 Å². The zero-order valence-corrected chi connectivity index (χ0v) is 14.8. The molecule has 0 atom stereocenters. The Hall–Kier alpha value is -1.77. The van der Waals surface area contributed by atoms with Crippen LogP contribution in [0, 0.1) is 0 Å². The second-order valence-corrected chi connectivity index (χ2v) is 7.76. The monoisotopic (exact) mass is 397 g/mol. The lowest BCUT2D eigenvalue weighted by Crippen LogP contribution is -2.37. The van der Waals surface area contributed by atoms with E-state index in [0.717, 1.165) is 15.0 Å². The van der Waals surface area contributed by atoms with Gasteiger partial charge in [0.25, 0.3) is 0 Å². The van der Waals surface area contributed by atoms with Crippen molar-refractivity contribution < 1.29 is 13.2 Å². The van der Waals surface area contributed by atoms with Crippen molar-refractivity contribution in [2.75, 3.05) is 18.1 Å². The highest BCUT2D eigenvalue weighted by molar-refractivity contribution is 9.10. The molecule has 0 fully saturated rings. The Morgan fingerprint density at radius 1 is 1.26 bits per heavy atom. The Morgan fingerprint density at radius 3 is 2.61 bits per heavy atom. The fraction of sp³-hybridized carbons (Fsp3) is 0.200. The van der Waals surface area contributed by atoms with E-state index in [-0.39, 0.29) is 13.1 Å². The lowest BCUT2D eigenvalue weighted by Gasteiger charge is -2.19. The van der Waals surface area contributed by atoms with E-state index in [9.17, 15) is 13.2 Å². The van der Waals surface area contributed by atoms with Crippen LogP contribution in [0.5, 0.6) is 0 Å². The number of halogens is 1. The molecule has 1 aromatic carbocycles. The Kier molecular flexibility index (Phi) is 5.86. The summed E-state index contributed by atoms with van der Waals surface area (Å²) in [6.45, 7) is -0.175. The Bertz CT molecular complexity index is 782. The van der Waals surface area contributed by atoms with Crippen LogP contribution in [0.25, 0.3) is 0 Å². The van der Waals surface area contributed by atoms with Gasteiger partial charge in [-0.3, -0.25) is 9.78 Å². The molecular formula is C15H16BrN3O3S. The summed E-state index contributed by atoms with van der Waals surface area (Å²) in [6.07, 6.45) is 4.26. The molecule has 0 saturated heterocycles. The third-order valence-corrected chi connectivity index (χ3v) is 4.91. The van der Waals surface area contributed by atoms with E-state index in [0.29, 0.717) is 11.3 Å². The molecule has 2 rings (SSSR count). The van der Waals surface area contributed by atoms with E-state index in [1.807, 2.05) is 6.07 Å². The Balaban J connectivity index is 2.09. The van der Waals surface area contributed by atoms with Gasteiger partial charge in [-0.25, -0.2) is 8.42 Å². The van der Waals surface area contributed by atoms with Crippen molar-refractivity contribution in [3.63, 3.8) is 0 Å². The molecule has 0 aliphatic rings. The van der Waals surface area contributed by atoms with Crippen LogP contribution in [-0.4, -0.2) is 36.4 Å². The molecule has 0 spiro atoms. The summed E-state index contributed by atoms with van der Waals surface area (Å²) >= 11 is 3.33. The first-order valence-electron chi connectivity index (χ1n) is 6.74. The van der Waals surface area contributed by atoms with E-state index < -0.39 is 15.9 Å². The minimum Gasteiger partial charge on any atom is -0.324 e. The number of para-hydroxylation sites is 1. The maximum absolute atomic E-state index is 12.2. The predicted octanol–water partition coefficient (Wildman–Crippen LogP) is 2.24. The van der Waals surface area contributed by atoms with Gasteiger partial charge < -0.3 is 5.32 Å². The van der Waals surface area contributed by atoms with Crippen LogP contribution in [0.1, 0.15) is 5.56 Å². The van der Waals surface area contributed by atoms with Crippen LogP contribution >= 0.6 is 15.9 Å². The van der Waals surface area contributed by atoms with Gasteiger partial charge in [-0.1, -0.05) is 18.2 Å². The first-order valence-corrected chi connectivity index (χ1v) is 9.39. The summed E-state index contributed by atoms with van der Waals surface area (Å²) in [5.74, 6) is -0.411. The van der Waals surface area contributed by atoms with Crippen molar-refractivity contribution in [2.24, 2.45) is 0 Å². The molecule has 1 N–H and O–H groups in total. The smallest absolute Gasteiger partial charge is 0.239 e. The summed E-state index contributed by atoms with van der Waals surface area (Å²) in [6, 6.07) is 10.6. The van der Waals surface area contributed by atoms with Gasteiger partial charge in [0.05, 0.1) is 18.5 Å². The molecule has 23 heavy (non-hydrogen) atoms. The summed E-state index contributed by atoms with van der Waals surface area (Å²) in [7, 11) is -3.53. The molecule has 6 nitrogen and oxygen atoms in total. The number of sulfonamides is 1. The fourth-order valence-corrected chi connectivity index (χ4v) is 3.02. The Morgan fingerprint density at radius 2 is 2.00 bits per heavy atom. The minimum absolute atomic E-state index is 0.0933. The van der Waals surface area contributed by atoms with Gasteiger partial charge in [-0.2, -0.15) is 4.31 Å². The number of anilines is 1. The highest BCUT2D eigenvalue weighted by Crippen LogP contribution is 2.21. The number of hydrogen-bond donors (Lipinski definition) is 1. The molecule has 0 unspecified atom stereocenters. The average molecular weight is 398 g/mol. The molecule has 8 heteroatoms. The second-order valence-electron chi connectivity index (χ2n) is 4.92. The lowest BCUT2D eigenvalue weighted by atomic mass is 10.3. The van der Waals surface area contributed by atoms with Crippen molar-refractivity contribution in [3.05, 3.63) is 58.8 Å².